The summed E-state index contributed by atoms with van der Waals surface area (Å²) in [4.78, 5) is 25.0. The highest BCUT2D eigenvalue weighted by molar-refractivity contribution is 7.90. The quantitative estimate of drug-likeness (QED) is 0.757. The summed E-state index contributed by atoms with van der Waals surface area (Å²) in [5.74, 6) is -1.04. The van der Waals surface area contributed by atoms with Crippen LogP contribution in [0.15, 0.2) is 41.3 Å². The molecule has 0 aliphatic carbocycles. The Morgan fingerprint density at radius 1 is 0.963 bits per heavy atom. The molecule has 0 unspecified atom stereocenters. The number of carbonyl (C=O) groups is 2. The first-order valence-corrected chi connectivity index (χ1v) is 10.5. The molecule has 0 bridgehead atoms. The first-order valence-electron chi connectivity index (χ1n) is 7.90. The molecule has 144 valence electrons. The average Bonchev–Trinajstić information content (AvgIpc) is 2.53. The molecular weight excluding hydrogens is 411 g/mol. The first kappa shape index (κ1) is 21.2. The van der Waals surface area contributed by atoms with Crippen LogP contribution in [0.1, 0.15) is 34.6 Å². The summed E-state index contributed by atoms with van der Waals surface area (Å²) in [6.07, 6.45) is 1.03. The third-order valence-corrected chi connectivity index (χ3v) is 5.18. The standard InChI is InChI=1S/C18H18Cl2N2O4S/c1-10(2)21-17(23)13-6-4-11(19)8-16(13)22-18(24)14-9-12(27(3,25)26)5-7-15(14)20/h4-10H,1-3H3,(H,21,23)(H,22,24). The van der Waals surface area contributed by atoms with Gasteiger partial charge in [0.05, 0.1) is 26.7 Å². The highest BCUT2D eigenvalue weighted by Gasteiger charge is 2.19. The molecule has 0 radical (unpaired) electrons. The highest BCUT2D eigenvalue weighted by atomic mass is 35.5. The number of carbonyl (C=O) groups excluding carboxylic acids is 2. The molecule has 27 heavy (non-hydrogen) atoms. The topological polar surface area (TPSA) is 92.3 Å². The van der Waals surface area contributed by atoms with Crippen molar-refractivity contribution in [3.05, 3.63) is 57.6 Å². The first-order chi connectivity index (χ1) is 12.5. The highest BCUT2D eigenvalue weighted by Crippen LogP contribution is 2.25. The molecule has 6 nitrogen and oxygen atoms in total. The van der Waals surface area contributed by atoms with Gasteiger partial charge in [-0.2, -0.15) is 0 Å². The predicted octanol–water partition coefficient (Wildman–Crippen LogP) is 3.79. The van der Waals surface area contributed by atoms with Gasteiger partial charge in [0.15, 0.2) is 9.84 Å². The predicted molar refractivity (Wildman–Crippen MR) is 107 cm³/mol. The SMILES string of the molecule is CC(C)NC(=O)c1ccc(Cl)cc1NC(=O)c1cc(S(C)(=O)=O)ccc1Cl. The zero-order chi connectivity index (χ0) is 20.4. The van der Waals surface area contributed by atoms with E-state index in [9.17, 15) is 18.0 Å². The maximum absolute atomic E-state index is 12.7. The van der Waals surface area contributed by atoms with Crippen molar-refractivity contribution in [2.24, 2.45) is 0 Å². The molecule has 2 aromatic carbocycles. The van der Waals surface area contributed by atoms with Gasteiger partial charge in [-0.1, -0.05) is 23.2 Å². The molecule has 0 aromatic heterocycles. The van der Waals surface area contributed by atoms with Gasteiger partial charge in [0.2, 0.25) is 0 Å². The molecule has 0 aliphatic rings. The van der Waals surface area contributed by atoms with E-state index >= 15 is 0 Å². The van der Waals surface area contributed by atoms with Gasteiger partial charge in [-0.3, -0.25) is 9.59 Å². The molecule has 2 aromatic rings. The van der Waals surface area contributed by atoms with E-state index in [2.05, 4.69) is 10.6 Å². The molecule has 2 N–H and O–H groups in total. The maximum Gasteiger partial charge on any atom is 0.257 e. The Morgan fingerprint density at radius 3 is 2.22 bits per heavy atom. The molecule has 0 spiro atoms. The molecule has 2 amide bonds. The maximum atomic E-state index is 12.7. The Morgan fingerprint density at radius 2 is 1.63 bits per heavy atom. The van der Waals surface area contributed by atoms with Crippen LogP contribution in [0, 0.1) is 0 Å². The number of rotatable bonds is 5. The van der Waals surface area contributed by atoms with E-state index in [1.165, 1.54) is 36.4 Å². The number of halogens is 2. The van der Waals surface area contributed by atoms with Crippen molar-refractivity contribution in [1.82, 2.24) is 5.32 Å². The van der Waals surface area contributed by atoms with Gasteiger partial charge in [0, 0.05) is 17.3 Å². The fourth-order valence-electron chi connectivity index (χ4n) is 2.26. The van der Waals surface area contributed by atoms with Crippen LogP contribution in [0.3, 0.4) is 0 Å². The summed E-state index contributed by atoms with van der Waals surface area (Å²) in [7, 11) is -3.51. The van der Waals surface area contributed by atoms with Crippen LogP contribution in [0.2, 0.25) is 10.0 Å². The van der Waals surface area contributed by atoms with Gasteiger partial charge < -0.3 is 10.6 Å². The molecule has 0 aliphatic heterocycles. The number of anilines is 1. The number of benzene rings is 2. The second kappa shape index (κ2) is 8.29. The third kappa shape index (κ3) is 5.45. The lowest BCUT2D eigenvalue weighted by molar-refractivity contribution is 0.0944. The van der Waals surface area contributed by atoms with E-state index in [0.29, 0.717) is 5.02 Å². The van der Waals surface area contributed by atoms with Crippen LogP contribution in [0.4, 0.5) is 5.69 Å². The van der Waals surface area contributed by atoms with E-state index in [1.54, 1.807) is 0 Å². The number of nitrogens with one attached hydrogen (secondary N) is 2. The zero-order valence-corrected chi connectivity index (χ0v) is 17.2. The summed E-state index contributed by atoms with van der Waals surface area (Å²) in [5, 5.41) is 5.71. The lowest BCUT2D eigenvalue weighted by Gasteiger charge is -2.14. The van der Waals surface area contributed by atoms with Gasteiger partial charge in [0.1, 0.15) is 0 Å². The van der Waals surface area contributed by atoms with Crippen molar-refractivity contribution >= 4 is 50.5 Å². The van der Waals surface area contributed by atoms with Gasteiger partial charge >= 0.3 is 0 Å². The van der Waals surface area contributed by atoms with E-state index in [0.717, 1.165) is 6.26 Å². The monoisotopic (exact) mass is 428 g/mol. The summed E-state index contributed by atoms with van der Waals surface area (Å²) in [5.41, 5.74) is 0.373. The van der Waals surface area contributed by atoms with Crippen molar-refractivity contribution in [3.63, 3.8) is 0 Å². The lowest BCUT2D eigenvalue weighted by Crippen LogP contribution is -2.31. The normalized spacial score (nSPS) is 11.3. The molecule has 9 heteroatoms. The molecule has 0 fully saturated rings. The van der Waals surface area contributed by atoms with Crippen molar-refractivity contribution in [2.75, 3.05) is 11.6 Å². The summed E-state index contributed by atoms with van der Waals surface area (Å²) >= 11 is 12.0. The van der Waals surface area contributed by atoms with Gasteiger partial charge in [-0.25, -0.2) is 8.42 Å². The number of amides is 2. The largest absolute Gasteiger partial charge is 0.350 e. The fourth-order valence-corrected chi connectivity index (χ4v) is 3.28. The van der Waals surface area contributed by atoms with Gasteiger partial charge in [-0.05, 0) is 50.2 Å². The minimum atomic E-state index is -3.51. The number of hydrogen-bond acceptors (Lipinski definition) is 4. The van der Waals surface area contributed by atoms with E-state index in [4.69, 9.17) is 23.2 Å². The average molecular weight is 429 g/mol. The van der Waals surface area contributed by atoms with Gasteiger partial charge in [0.25, 0.3) is 11.8 Å². The van der Waals surface area contributed by atoms with Crippen molar-refractivity contribution in [2.45, 2.75) is 24.8 Å². The number of sulfone groups is 1. The van der Waals surface area contributed by atoms with Crippen LogP contribution in [0.5, 0.6) is 0 Å². The number of hydrogen-bond donors (Lipinski definition) is 2. The van der Waals surface area contributed by atoms with Crippen LogP contribution < -0.4 is 10.6 Å². The Kier molecular flexibility index (Phi) is 6.51. The Hall–Kier alpha value is -2.09. The fraction of sp³-hybridized carbons (Fsp3) is 0.222. The summed E-state index contributed by atoms with van der Waals surface area (Å²) in [6, 6.07) is 8.19. The second-order valence-electron chi connectivity index (χ2n) is 6.19. The Bertz CT molecular complexity index is 1000. The van der Waals surface area contributed by atoms with E-state index < -0.39 is 15.7 Å². The van der Waals surface area contributed by atoms with Gasteiger partial charge in [-0.15, -0.1) is 0 Å². The second-order valence-corrected chi connectivity index (χ2v) is 9.05. The van der Waals surface area contributed by atoms with Crippen LogP contribution in [-0.2, 0) is 9.84 Å². The smallest absolute Gasteiger partial charge is 0.257 e. The van der Waals surface area contributed by atoms with E-state index in [1.807, 2.05) is 13.8 Å². The third-order valence-electron chi connectivity index (χ3n) is 3.50. The summed E-state index contributed by atoms with van der Waals surface area (Å²) < 4.78 is 23.4. The molecule has 0 saturated carbocycles. The Balaban J connectivity index is 2.41. The van der Waals surface area contributed by atoms with E-state index in [-0.39, 0.29) is 38.7 Å². The molecule has 0 atom stereocenters. The minimum Gasteiger partial charge on any atom is -0.350 e. The van der Waals surface area contributed by atoms with Crippen LogP contribution in [0.25, 0.3) is 0 Å². The molecule has 0 heterocycles. The van der Waals surface area contributed by atoms with Crippen LogP contribution >= 0.6 is 23.2 Å². The minimum absolute atomic E-state index is 0.0326. The van der Waals surface area contributed by atoms with Crippen molar-refractivity contribution in [3.8, 4) is 0 Å². The zero-order valence-electron chi connectivity index (χ0n) is 14.8. The lowest BCUT2D eigenvalue weighted by atomic mass is 10.1. The summed E-state index contributed by atoms with van der Waals surface area (Å²) in [6.45, 7) is 3.62. The van der Waals surface area contributed by atoms with Crippen LogP contribution in [-0.4, -0.2) is 32.5 Å². The van der Waals surface area contributed by atoms with Crippen molar-refractivity contribution < 1.29 is 18.0 Å². The molecular formula is C18H18Cl2N2O4S. The van der Waals surface area contributed by atoms with Crippen molar-refractivity contribution in [1.29, 1.82) is 0 Å². The Labute approximate surface area is 167 Å². The molecule has 0 saturated heterocycles. The molecule has 2 rings (SSSR count).